The standard InChI is InChI=1S/C10H15NO2/c1-3-4-12-7-10-5-9(6-11)8(2)13-10/h3,5H,1,4,6-7,11H2,2H3. The molecule has 0 radical (unpaired) electrons. The maximum atomic E-state index is 5.50. The van der Waals surface area contributed by atoms with E-state index in [2.05, 4.69) is 6.58 Å². The zero-order chi connectivity index (χ0) is 9.68. The van der Waals surface area contributed by atoms with Crippen LogP contribution in [0, 0.1) is 6.92 Å². The molecule has 0 atom stereocenters. The van der Waals surface area contributed by atoms with Gasteiger partial charge in [-0.3, -0.25) is 0 Å². The van der Waals surface area contributed by atoms with Crippen molar-refractivity contribution in [3.8, 4) is 0 Å². The summed E-state index contributed by atoms with van der Waals surface area (Å²) in [5.74, 6) is 1.69. The molecular weight excluding hydrogens is 166 g/mol. The SMILES string of the molecule is C=CCOCc1cc(CN)c(C)o1. The van der Waals surface area contributed by atoms with Crippen LogP contribution in [-0.4, -0.2) is 6.61 Å². The summed E-state index contributed by atoms with van der Waals surface area (Å²) in [6.07, 6.45) is 1.71. The number of hydrogen-bond donors (Lipinski definition) is 1. The molecule has 0 aliphatic rings. The molecule has 0 unspecified atom stereocenters. The second-order valence-corrected chi connectivity index (χ2v) is 2.80. The van der Waals surface area contributed by atoms with Gasteiger partial charge in [0.25, 0.3) is 0 Å². The fourth-order valence-electron chi connectivity index (χ4n) is 1.10. The summed E-state index contributed by atoms with van der Waals surface area (Å²) in [6, 6.07) is 1.93. The third-order valence-electron chi connectivity index (χ3n) is 1.77. The van der Waals surface area contributed by atoms with Crippen LogP contribution in [0.1, 0.15) is 17.1 Å². The second kappa shape index (κ2) is 4.84. The number of hydrogen-bond acceptors (Lipinski definition) is 3. The van der Waals surface area contributed by atoms with Crippen LogP contribution in [0.3, 0.4) is 0 Å². The third kappa shape index (κ3) is 2.72. The molecular formula is C10H15NO2. The van der Waals surface area contributed by atoms with Crippen molar-refractivity contribution in [1.82, 2.24) is 0 Å². The molecule has 3 nitrogen and oxygen atoms in total. The van der Waals surface area contributed by atoms with Crippen LogP contribution in [0.15, 0.2) is 23.1 Å². The Kier molecular flexibility index (Phi) is 3.73. The Morgan fingerprint density at radius 3 is 3.00 bits per heavy atom. The van der Waals surface area contributed by atoms with Gasteiger partial charge in [0.2, 0.25) is 0 Å². The van der Waals surface area contributed by atoms with Crippen molar-refractivity contribution in [3.05, 3.63) is 35.8 Å². The fourth-order valence-corrected chi connectivity index (χ4v) is 1.10. The highest BCUT2D eigenvalue weighted by atomic mass is 16.5. The van der Waals surface area contributed by atoms with Crippen LogP contribution in [-0.2, 0) is 17.9 Å². The topological polar surface area (TPSA) is 48.4 Å². The molecule has 2 N–H and O–H groups in total. The molecule has 0 amide bonds. The largest absolute Gasteiger partial charge is 0.464 e. The summed E-state index contributed by atoms with van der Waals surface area (Å²) in [4.78, 5) is 0. The molecule has 1 aromatic heterocycles. The number of furan rings is 1. The van der Waals surface area contributed by atoms with Crippen molar-refractivity contribution in [2.24, 2.45) is 5.73 Å². The predicted octanol–water partition coefficient (Wildman–Crippen LogP) is 1.75. The van der Waals surface area contributed by atoms with Crippen molar-refractivity contribution in [1.29, 1.82) is 0 Å². The maximum Gasteiger partial charge on any atom is 0.130 e. The van der Waals surface area contributed by atoms with Gasteiger partial charge in [0.1, 0.15) is 18.1 Å². The number of nitrogens with two attached hydrogens (primary N) is 1. The molecule has 0 spiro atoms. The van der Waals surface area contributed by atoms with Gasteiger partial charge in [-0.25, -0.2) is 0 Å². The lowest BCUT2D eigenvalue weighted by atomic mass is 10.2. The Bertz CT molecular complexity index is 278. The monoisotopic (exact) mass is 181 g/mol. The highest BCUT2D eigenvalue weighted by molar-refractivity contribution is 5.19. The predicted molar refractivity (Wildman–Crippen MR) is 51.2 cm³/mol. The summed E-state index contributed by atoms with van der Waals surface area (Å²) >= 11 is 0. The molecule has 0 bridgehead atoms. The minimum absolute atomic E-state index is 0.479. The molecule has 0 saturated carbocycles. The lowest BCUT2D eigenvalue weighted by Gasteiger charge is -1.95. The average Bonchev–Trinajstić information content (AvgIpc) is 2.47. The van der Waals surface area contributed by atoms with E-state index >= 15 is 0 Å². The molecule has 0 saturated heterocycles. The highest BCUT2D eigenvalue weighted by Gasteiger charge is 2.04. The minimum atomic E-state index is 0.479. The summed E-state index contributed by atoms with van der Waals surface area (Å²) < 4.78 is 10.6. The van der Waals surface area contributed by atoms with E-state index in [0.717, 1.165) is 17.1 Å². The first-order valence-electron chi connectivity index (χ1n) is 4.24. The van der Waals surface area contributed by atoms with E-state index in [4.69, 9.17) is 14.9 Å². The van der Waals surface area contributed by atoms with Crippen LogP contribution in [0.4, 0.5) is 0 Å². The van der Waals surface area contributed by atoms with Crippen molar-refractivity contribution < 1.29 is 9.15 Å². The van der Waals surface area contributed by atoms with Crippen molar-refractivity contribution in [2.45, 2.75) is 20.1 Å². The van der Waals surface area contributed by atoms with Crippen molar-refractivity contribution >= 4 is 0 Å². The van der Waals surface area contributed by atoms with E-state index in [1.165, 1.54) is 0 Å². The normalized spacial score (nSPS) is 10.3. The van der Waals surface area contributed by atoms with Gasteiger partial charge in [-0.2, -0.15) is 0 Å². The molecule has 0 aliphatic carbocycles. The van der Waals surface area contributed by atoms with E-state index in [9.17, 15) is 0 Å². The van der Waals surface area contributed by atoms with Gasteiger partial charge in [-0.1, -0.05) is 6.08 Å². The van der Waals surface area contributed by atoms with Crippen molar-refractivity contribution in [2.75, 3.05) is 6.61 Å². The van der Waals surface area contributed by atoms with E-state index in [1.807, 2.05) is 13.0 Å². The molecule has 1 heterocycles. The first kappa shape index (κ1) is 10.0. The first-order chi connectivity index (χ1) is 6.27. The van der Waals surface area contributed by atoms with Gasteiger partial charge in [-0.05, 0) is 13.0 Å². The third-order valence-corrected chi connectivity index (χ3v) is 1.77. The van der Waals surface area contributed by atoms with Crippen LogP contribution in [0.2, 0.25) is 0 Å². The zero-order valence-corrected chi connectivity index (χ0v) is 7.88. The number of ether oxygens (including phenoxy) is 1. The van der Waals surface area contributed by atoms with E-state index in [1.54, 1.807) is 6.08 Å². The zero-order valence-electron chi connectivity index (χ0n) is 7.88. The quantitative estimate of drug-likeness (QED) is 0.556. The summed E-state index contributed by atoms with van der Waals surface area (Å²) in [7, 11) is 0. The highest BCUT2D eigenvalue weighted by Crippen LogP contribution is 2.14. The van der Waals surface area contributed by atoms with Crippen LogP contribution in [0.25, 0.3) is 0 Å². The molecule has 13 heavy (non-hydrogen) atoms. The first-order valence-corrected chi connectivity index (χ1v) is 4.24. The van der Waals surface area contributed by atoms with Gasteiger partial charge in [-0.15, -0.1) is 6.58 Å². The van der Waals surface area contributed by atoms with Crippen molar-refractivity contribution in [3.63, 3.8) is 0 Å². The Labute approximate surface area is 78.2 Å². The fraction of sp³-hybridized carbons (Fsp3) is 0.400. The van der Waals surface area contributed by atoms with E-state index in [-0.39, 0.29) is 0 Å². The van der Waals surface area contributed by atoms with Crippen LogP contribution < -0.4 is 5.73 Å². The smallest absolute Gasteiger partial charge is 0.130 e. The second-order valence-electron chi connectivity index (χ2n) is 2.80. The molecule has 3 heteroatoms. The Hall–Kier alpha value is -1.06. The Morgan fingerprint density at radius 2 is 2.46 bits per heavy atom. The van der Waals surface area contributed by atoms with E-state index < -0.39 is 0 Å². The summed E-state index contributed by atoms with van der Waals surface area (Å²) in [6.45, 7) is 6.99. The lowest BCUT2D eigenvalue weighted by Crippen LogP contribution is -1.95. The maximum absolute atomic E-state index is 5.50. The Morgan fingerprint density at radius 1 is 1.69 bits per heavy atom. The van der Waals surface area contributed by atoms with Gasteiger partial charge in [0, 0.05) is 12.1 Å². The molecule has 0 aromatic carbocycles. The van der Waals surface area contributed by atoms with Gasteiger partial charge in [0.15, 0.2) is 0 Å². The number of aryl methyl sites for hydroxylation is 1. The lowest BCUT2D eigenvalue weighted by molar-refractivity contribution is 0.131. The molecule has 1 aromatic rings. The minimum Gasteiger partial charge on any atom is -0.464 e. The van der Waals surface area contributed by atoms with E-state index in [0.29, 0.717) is 19.8 Å². The van der Waals surface area contributed by atoms with Gasteiger partial charge in [0.05, 0.1) is 6.61 Å². The van der Waals surface area contributed by atoms with Crippen LogP contribution in [0.5, 0.6) is 0 Å². The van der Waals surface area contributed by atoms with Crippen LogP contribution >= 0.6 is 0 Å². The average molecular weight is 181 g/mol. The number of rotatable bonds is 5. The molecule has 1 rings (SSSR count). The summed E-state index contributed by atoms with van der Waals surface area (Å²) in [5, 5.41) is 0. The van der Waals surface area contributed by atoms with Gasteiger partial charge >= 0.3 is 0 Å². The molecule has 0 fully saturated rings. The van der Waals surface area contributed by atoms with Gasteiger partial charge < -0.3 is 14.9 Å². The Balaban J connectivity index is 2.52. The summed E-state index contributed by atoms with van der Waals surface area (Å²) in [5.41, 5.74) is 6.54. The molecule has 0 aliphatic heterocycles. The molecule has 72 valence electrons.